The smallest absolute Gasteiger partial charge is 0.262 e. The summed E-state index contributed by atoms with van der Waals surface area (Å²) in [4.78, 5) is 18.0. The van der Waals surface area contributed by atoms with Crippen LogP contribution in [0.15, 0.2) is 103 Å². The Morgan fingerprint density at radius 2 is 1.44 bits per heavy atom. The third-order valence-electron chi connectivity index (χ3n) is 5.89. The molecule has 4 aromatic carbocycles. The van der Waals surface area contributed by atoms with Gasteiger partial charge in [0.2, 0.25) is 0 Å². The van der Waals surface area contributed by atoms with E-state index in [0.717, 1.165) is 28.1 Å². The molecule has 0 saturated carbocycles. The third-order valence-corrected chi connectivity index (χ3v) is 6.24. The molecule has 0 fully saturated rings. The number of benzene rings is 4. The first-order valence-electron chi connectivity index (χ1n) is 10.7. The molecule has 1 aliphatic rings. The first kappa shape index (κ1) is 20.3. The van der Waals surface area contributed by atoms with Crippen molar-refractivity contribution >= 4 is 28.9 Å². The van der Waals surface area contributed by atoms with Gasteiger partial charge in [-0.25, -0.2) is 0 Å². The molecule has 0 bridgehead atoms. The van der Waals surface area contributed by atoms with Crippen molar-refractivity contribution in [3.05, 3.63) is 130 Å². The molecular formula is C28H23ClN2O. The van der Waals surface area contributed by atoms with Crippen molar-refractivity contribution in [1.29, 1.82) is 0 Å². The summed E-state index contributed by atoms with van der Waals surface area (Å²) < 4.78 is 0. The molecule has 1 atom stereocenters. The standard InChI is InChI=1S/C28H23ClN2O/c1-20-15-17-22(18-16-20)31-27(23-11-5-7-13-25(23)29)30(19-21-9-3-2-4-10-21)26-14-8-6-12-24(26)28(31)32/h2-18,27H,19H2,1H3/t27-/m0/s1. The van der Waals surface area contributed by atoms with Crippen molar-refractivity contribution < 1.29 is 4.79 Å². The molecule has 0 radical (unpaired) electrons. The maximum atomic E-state index is 13.9. The highest BCUT2D eigenvalue weighted by molar-refractivity contribution is 6.31. The van der Waals surface area contributed by atoms with Crippen molar-refractivity contribution in [1.82, 2.24) is 0 Å². The minimum Gasteiger partial charge on any atom is -0.342 e. The lowest BCUT2D eigenvalue weighted by Crippen LogP contribution is -2.49. The number of hydrogen-bond acceptors (Lipinski definition) is 2. The van der Waals surface area contributed by atoms with E-state index in [0.29, 0.717) is 17.1 Å². The van der Waals surface area contributed by atoms with Crippen molar-refractivity contribution in [3.63, 3.8) is 0 Å². The number of hydrogen-bond donors (Lipinski definition) is 0. The van der Waals surface area contributed by atoms with E-state index in [1.807, 2.05) is 103 Å². The van der Waals surface area contributed by atoms with Gasteiger partial charge in [-0.2, -0.15) is 0 Å². The number of carbonyl (C=O) groups is 1. The summed E-state index contributed by atoms with van der Waals surface area (Å²) in [5, 5.41) is 0.639. The Kier molecular flexibility index (Phi) is 5.42. The van der Waals surface area contributed by atoms with Gasteiger partial charge in [-0.15, -0.1) is 0 Å². The molecule has 158 valence electrons. The third kappa shape index (κ3) is 3.65. The van der Waals surface area contributed by atoms with Crippen molar-refractivity contribution in [3.8, 4) is 0 Å². The van der Waals surface area contributed by atoms with Crippen LogP contribution in [0.4, 0.5) is 11.4 Å². The summed E-state index contributed by atoms with van der Waals surface area (Å²) in [5.41, 5.74) is 5.65. The molecule has 0 N–H and O–H groups in total. The van der Waals surface area contributed by atoms with E-state index in [1.54, 1.807) is 0 Å². The molecule has 4 heteroatoms. The molecule has 3 nitrogen and oxygen atoms in total. The quantitative estimate of drug-likeness (QED) is 0.342. The van der Waals surface area contributed by atoms with Gasteiger partial charge >= 0.3 is 0 Å². The summed E-state index contributed by atoms with van der Waals surface area (Å²) in [7, 11) is 0. The summed E-state index contributed by atoms with van der Waals surface area (Å²) in [6, 6.07) is 34.0. The summed E-state index contributed by atoms with van der Waals surface area (Å²) in [5.74, 6) is -0.0290. The fourth-order valence-electron chi connectivity index (χ4n) is 4.32. The van der Waals surface area contributed by atoms with Crippen LogP contribution in [0.1, 0.15) is 33.2 Å². The van der Waals surface area contributed by atoms with Crippen molar-refractivity contribution in [2.45, 2.75) is 19.6 Å². The molecule has 0 spiro atoms. The first-order chi connectivity index (χ1) is 15.6. The predicted molar refractivity (Wildman–Crippen MR) is 131 cm³/mol. The number of halogens is 1. The molecular weight excluding hydrogens is 416 g/mol. The Morgan fingerprint density at radius 1 is 0.781 bits per heavy atom. The van der Waals surface area contributed by atoms with E-state index in [-0.39, 0.29) is 12.1 Å². The molecule has 0 aliphatic carbocycles. The lowest BCUT2D eigenvalue weighted by Gasteiger charge is -2.46. The van der Waals surface area contributed by atoms with Gasteiger partial charge in [-0.1, -0.05) is 90.0 Å². The van der Waals surface area contributed by atoms with Gasteiger partial charge < -0.3 is 4.90 Å². The Bertz CT molecular complexity index is 1250. The molecule has 0 saturated heterocycles. The predicted octanol–water partition coefficient (Wildman–Crippen LogP) is 7.01. The van der Waals surface area contributed by atoms with Crippen LogP contribution in [0.3, 0.4) is 0 Å². The second kappa shape index (κ2) is 8.52. The van der Waals surface area contributed by atoms with Crippen LogP contribution in [0.5, 0.6) is 0 Å². The zero-order chi connectivity index (χ0) is 22.1. The topological polar surface area (TPSA) is 23.6 Å². The fraction of sp³-hybridized carbons (Fsp3) is 0.107. The van der Waals surface area contributed by atoms with Crippen LogP contribution in [0, 0.1) is 6.92 Å². The van der Waals surface area contributed by atoms with E-state index in [4.69, 9.17) is 11.6 Å². The van der Waals surface area contributed by atoms with E-state index in [9.17, 15) is 4.79 Å². The molecule has 1 heterocycles. The second-order valence-corrected chi connectivity index (χ2v) is 8.44. The molecule has 1 amide bonds. The van der Waals surface area contributed by atoms with Gasteiger partial charge in [0.1, 0.15) is 6.17 Å². The summed E-state index contributed by atoms with van der Waals surface area (Å²) in [6.07, 6.45) is -0.381. The zero-order valence-electron chi connectivity index (χ0n) is 17.8. The van der Waals surface area contributed by atoms with Crippen LogP contribution in [0.2, 0.25) is 5.02 Å². The number of amides is 1. The van der Waals surface area contributed by atoms with Gasteiger partial charge in [0.05, 0.1) is 11.3 Å². The number of carbonyl (C=O) groups excluding carboxylic acids is 1. The number of para-hydroxylation sites is 1. The SMILES string of the molecule is Cc1ccc(N2C(=O)c3ccccc3N(Cc3ccccc3)[C@@H]2c2ccccc2Cl)cc1. The minimum atomic E-state index is -0.381. The van der Waals surface area contributed by atoms with Gasteiger partial charge in [0.25, 0.3) is 5.91 Å². The largest absolute Gasteiger partial charge is 0.342 e. The molecule has 32 heavy (non-hydrogen) atoms. The second-order valence-electron chi connectivity index (χ2n) is 8.04. The van der Waals surface area contributed by atoms with E-state index in [1.165, 1.54) is 0 Å². The van der Waals surface area contributed by atoms with Gasteiger partial charge in [-0.3, -0.25) is 9.69 Å². The number of rotatable bonds is 4. The van der Waals surface area contributed by atoms with E-state index >= 15 is 0 Å². The molecule has 5 rings (SSSR count). The van der Waals surface area contributed by atoms with Gasteiger partial charge in [-0.05, 0) is 42.8 Å². The first-order valence-corrected chi connectivity index (χ1v) is 11.1. The summed E-state index contributed by atoms with van der Waals surface area (Å²) >= 11 is 6.71. The monoisotopic (exact) mass is 438 g/mol. The minimum absolute atomic E-state index is 0.0290. The van der Waals surface area contributed by atoms with Crippen LogP contribution < -0.4 is 9.80 Å². The lowest BCUT2D eigenvalue weighted by atomic mass is 9.99. The Balaban J connectivity index is 1.74. The average molecular weight is 439 g/mol. The van der Waals surface area contributed by atoms with Crippen LogP contribution >= 0.6 is 11.6 Å². The molecule has 0 unspecified atom stereocenters. The maximum Gasteiger partial charge on any atom is 0.262 e. The van der Waals surface area contributed by atoms with Crippen LogP contribution in [-0.2, 0) is 6.54 Å². The molecule has 1 aliphatic heterocycles. The Labute approximate surface area is 193 Å². The molecule has 4 aromatic rings. The van der Waals surface area contributed by atoms with Crippen LogP contribution in [0.25, 0.3) is 0 Å². The average Bonchev–Trinajstić information content (AvgIpc) is 2.83. The van der Waals surface area contributed by atoms with Crippen molar-refractivity contribution in [2.75, 3.05) is 9.80 Å². The lowest BCUT2D eigenvalue weighted by molar-refractivity contribution is 0.0968. The van der Waals surface area contributed by atoms with Gasteiger partial charge in [0, 0.05) is 22.8 Å². The maximum absolute atomic E-state index is 13.9. The van der Waals surface area contributed by atoms with Gasteiger partial charge in [0.15, 0.2) is 0 Å². The fourth-order valence-corrected chi connectivity index (χ4v) is 4.56. The zero-order valence-corrected chi connectivity index (χ0v) is 18.5. The Morgan fingerprint density at radius 3 is 2.19 bits per heavy atom. The Hall–Kier alpha value is -3.56. The highest BCUT2D eigenvalue weighted by Gasteiger charge is 2.40. The normalized spacial score (nSPS) is 15.6. The number of aryl methyl sites for hydroxylation is 1. The van der Waals surface area contributed by atoms with E-state index < -0.39 is 0 Å². The van der Waals surface area contributed by atoms with E-state index in [2.05, 4.69) is 17.0 Å². The summed E-state index contributed by atoms with van der Waals surface area (Å²) in [6.45, 7) is 2.69. The van der Waals surface area contributed by atoms with Crippen molar-refractivity contribution in [2.24, 2.45) is 0 Å². The van der Waals surface area contributed by atoms with Crippen LogP contribution in [-0.4, -0.2) is 5.91 Å². The highest BCUT2D eigenvalue weighted by Crippen LogP contribution is 2.43. The number of anilines is 2. The number of nitrogens with zero attached hydrogens (tertiary/aromatic N) is 2. The number of fused-ring (bicyclic) bond motifs is 1. The highest BCUT2D eigenvalue weighted by atomic mass is 35.5. The molecule has 0 aromatic heterocycles.